The van der Waals surface area contributed by atoms with Crippen LogP contribution in [-0.2, 0) is 11.8 Å². The zero-order chi connectivity index (χ0) is 16.9. The summed E-state index contributed by atoms with van der Waals surface area (Å²) >= 11 is 1.44. The smallest absolute Gasteiger partial charge is 0.0652 e. The van der Waals surface area contributed by atoms with Crippen molar-refractivity contribution in [2.75, 3.05) is 0 Å². The second kappa shape index (κ2) is 7.65. The average Bonchev–Trinajstić information content (AvgIpc) is 2.48. The fourth-order valence-electron chi connectivity index (χ4n) is 2.32. The van der Waals surface area contributed by atoms with Crippen LogP contribution >= 0.6 is 11.8 Å². The molecule has 2 aromatic carbocycles. The maximum absolute atomic E-state index is 7.38. The molecule has 0 radical (unpaired) electrons. The number of rotatable bonds is 4. The summed E-state index contributed by atoms with van der Waals surface area (Å²) in [4.78, 5) is 0. The number of hydrogen-bond donors (Lipinski definition) is 1. The fourth-order valence-corrected chi connectivity index (χ4v) is 2.75. The normalized spacial score (nSPS) is 11.8. The topological polar surface area (TPSA) is 23.9 Å². The van der Waals surface area contributed by atoms with Crippen molar-refractivity contribution in [2.45, 2.75) is 39.5 Å². The Balaban J connectivity index is 2.00. The monoisotopic (exact) mass is 323 g/mol. The van der Waals surface area contributed by atoms with E-state index in [4.69, 9.17) is 5.41 Å². The number of nitrogens with one attached hydrogen (secondary N) is 1. The minimum atomic E-state index is 0.208. The number of benzene rings is 2. The Hall–Kier alpha value is -1.80. The van der Waals surface area contributed by atoms with Gasteiger partial charge in [-0.25, -0.2) is 0 Å². The first-order valence-electron chi connectivity index (χ1n) is 7.91. The Morgan fingerprint density at radius 2 is 1.48 bits per heavy atom. The molecular weight excluding hydrogens is 298 g/mol. The molecule has 0 amide bonds. The molecule has 0 atom stereocenters. The molecule has 0 saturated carbocycles. The van der Waals surface area contributed by atoms with E-state index in [0.29, 0.717) is 5.04 Å². The van der Waals surface area contributed by atoms with Gasteiger partial charge in [-0.05, 0) is 52.5 Å². The Morgan fingerprint density at radius 1 is 0.957 bits per heavy atom. The third-order valence-electron chi connectivity index (χ3n) is 3.71. The SMILES string of the molecule is CC(=N)S/C=C/c1ccc(Cc2ccc(C(C)(C)C)cc2)cc1. The van der Waals surface area contributed by atoms with E-state index < -0.39 is 0 Å². The molecular formula is C21H25NS. The molecule has 2 heteroatoms. The molecule has 0 aliphatic carbocycles. The van der Waals surface area contributed by atoms with Crippen molar-refractivity contribution in [3.63, 3.8) is 0 Å². The summed E-state index contributed by atoms with van der Waals surface area (Å²) in [6.45, 7) is 8.52. The summed E-state index contributed by atoms with van der Waals surface area (Å²) in [6.07, 6.45) is 3.01. The molecule has 0 aromatic heterocycles. The molecule has 0 bridgehead atoms. The summed E-state index contributed by atoms with van der Waals surface area (Å²) < 4.78 is 0. The summed E-state index contributed by atoms with van der Waals surface area (Å²) in [6, 6.07) is 17.6. The van der Waals surface area contributed by atoms with Crippen LogP contribution in [0.2, 0.25) is 0 Å². The van der Waals surface area contributed by atoms with Crippen molar-refractivity contribution >= 4 is 22.9 Å². The van der Waals surface area contributed by atoms with Crippen LogP contribution in [0.25, 0.3) is 6.08 Å². The molecule has 1 nitrogen and oxygen atoms in total. The first-order chi connectivity index (χ1) is 10.8. The molecule has 0 aliphatic rings. The highest BCUT2D eigenvalue weighted by atomic mass is 32.2. The van der Waals surface area contributed by atoms with Crippen molar-refractivity contribution in [2.24, 2.45) is 0 Å². The van der Waals surface area contributed by atoms with Gasteiger partial charge in [-0.3, -0.25) is 5.41 Å². The van der Waals surface area contributed by atoms with E-state index in [1.807, 2.05) is 11.5 Å². The van der Waals surface area contributed by atoms with Crippen LogP contribution in [0.5, 0.6) is 0 Å². The lowest BCUT2D eigenvalue weighted by atomic mass is 9.86. The Labute approximate surface area is 144 Å². The van der Waals surface area contributed by atoms with Crippen LogP contribution < -0.4 is 0 Å². The van der Waals surface area contributed by atoms with Gasteiger partial charge < -0.3 is 0 Å². The molecule has 0 saturated heterocycles. The summed E-state index contributed by atoms with van der Waals surface area (Å²) in [5, 5.41) is 9.95. The molecule has 0 aliphatic heterocycles. The molecule has 1 N–H and O–H groups in total. The quantitative estimate of drug-likeness (QED) is 0.520. The van der Waals surface area contributed by atoms with E-state index in [1.54, 1.807) is 6.92 Å². The highest BCUT2D eigenvalue weighted by molar-refractivity contribution is 8.16. The lowest BCUT2D eigenvalue weighted by Gasteiger charge is -2.19. The first kappa shape index (κ1) is 17.6. The lowest BCUT2D eigenvalue weighted by molar-refractivity contribution is 0.590. The number of thioether (sulfide) groups is 1. The van der Waals surface area contributed by atoms with Gasteiger partial charge in [0.05, 0.1) is 5.04 Å². The van der Waals surface area contributed by atoms with Gasteiger partial charge >= 0.3 is 0 Å². The average molecular weight is 324 g/mol. The zero-order valence-electron chi connectivity index (χ0n) is 14.4. The Bertz CT molecular complexity index is 673. The van der Waals surface area contributed by atoms with E-state index >= 15 is 0 Å². The van der Waals surface area contributed by atoms with Gasteiger partial charge in [0.2, 0.25) is 0 Å². The largest absolute Gasteiger partial charge is 0.298 e. The lowest BCUT2D eigenvalue weighted by Crippen LogP contribution is -2.10. The van der Waals surface area contributed by atoms with Gasteiger partial charge in [-0.1, -0.05) is 81.1 Å². The Morgan fingerprint density at radius 3 is 1.96 bits per heavy atom. The maximum Gasteiger partial charge on any atom is 0.0652 e. The Kier molecular flexibility index (Phi) is 5.84. The molecule has 120 valence electrons. The van der Waals surface area contributed by atoms with Crippen LogP contribution in [0.3, 0.4) is 0 Å². The van der Waals surface area contributed by atoms with Crippen molar-refractivity contribution in [1.82, 2.24) is 0 Å². The van der Waals surface area contributed by atoms with E-state index in [0.717, 1.165) is 6.42 Å². The summed E-state index contributed by atoms with van der Waals surface area (Å²) in [7, 11) is 0. The third-order valence-corrected chi connectivity index (χ3v) is 4.34. The maximum atomic E-state index is 7.38. The molecule has 23 heavy (non-hydrogen) atoms. The summed E-state index contributed by atoms with van der Waals surface area (Å²) in [5.74, 6) is 0. The fraction of sp³-hybridized carbons (Fsp3) is 0.286. The van der Waals surface area contributed by atoms with Gasteiger partial charge in [0, 0.05) is 0 Å². The van der Waals surface area contributed by atoms with Crippen LogP contribution in [-0.4, -0.2) is 5.04 Å². The zero-order valence-corrected chi connectivity index (χ0v) is 15.2. The molecule has 0 spiro atoms. The third kappa shape index (κ3) is 5.72. The minimum Gasteiger partial charge on any atom is -0.298 e. The molecule has 0 fully saturated rings. The molecule has 0 heterocycles. The van der Waals surface area contributed by atoms with E-state index in [1.165, 1.54) is 34.0 Å². The van der Waals surface area contributed by atoms with Gasteiger partial charge in [0.25, 0.3) is 0 Å². The highest BCUT2D eigenvalue weighted by Gasteiger charge is 2.12. The van der Waals surface area contributed by atoms with Crippen molar-refractivity contribution in [1.29, 1.82) is 5.41 Å². The molecule has 2 rings (SSSR count). The second-order valence-corrected chi connectivity index (χ2v) is 7.96. The van der Waals surface area contributed by atoms with Crippen LogP contribution in [0.1, 0.15) is 49.9 Å². The van der Waals surface area contributed by atoms with E-state index in [-0.39, 0.29) is 5.41 Å². The summed E-state index contributed by atoms with van der Waals surface area (Å²) in [5.41, 5.74) is 5.42. The first-order valence-corrected chi connectivity index (χ1v) is 8.79. The van der Waals surface area contributed by atoms with Gasteiger partial charge in [0.1, 0.15) is 0 Å². The van der Waals surface area contributed by atoms with E-state index in [2.05, 4.69) is 69.3 Å². The van der Waals surface area contributed by atoms with Crippen LogP contribution in [0.15, 0.2) is 53.9 Å². The van der Waals surface area contributed by atoms with Crippen LogP contribution in [0.4, 0.5) is 0 Å². The van der Waals surface area contributed by atoms with Gasteiger partial charge in [0.15, 0.2) is 0 Å². The number of hydrogen-bond acceptors (Lipinski definition) is 2. The van der Waals surface area contributed by atoms with Crippen molar-refractivity contribution in [3.8, 4) is 0 Å². The minimum absolute atomic E-state index is 0.208. The molecule has 2 aromatic rings. The van der Waals surface area contributed by atoms with Crippen molar-refractivity contribution in [3.05, 3.63) is 76.2 Å². The highest BCUT2D eigenvalue weighted by Crippen LogP contribution is 2.23. The predicted molar refractivity (Wildman–Crippen MR) is 104 cm³/mol. The van der Waals surface area contributed by atoms with Gasteiger partial charge in [-0.15, -0.1) is 0 Å². The predicted octanol–water partition coefficient (Wildman–Crippen LogP) is 6.28. The van der Waals surface area contributed by atoms with Crippen LogP contribution in [0, 0.1) is 5.41 Å². The van der Waals surface area contributed by atoms with Crippen molar-refractivity contribution < 1.29 is 0 Å². The standard InChI is InChI=1S/C21H25NS/c1-16(22)23-14-13-17-5-7-18(8-6-17)15-19-9-11-20(12-10-19)21(2,3)4/h5-14,22H,15H2,1-4H3/b14-13+,22-16?. The van der Waals surface area contributed by atoms with Gasteiger partial charge in [-0.2, -0.15) is 0 Å². The van der Waals surface area contributed by atoms with E-state index in [9.17, 15) is 0 Å². The second-order valence-electron chi connectivity index (χ2n) is 6.84. The molecule has 0 unspecified atom stereocenters.